The molecule has 2 aromatic carbocycles. The van der Waals surface area contributed by atoms with Crippen molar-refractivity contribution in [1.29, 1.82) is 0 Å². The summed E-state index contributed by atoms with van der Waals surface area (Å²) in [5.41, 5.74) is 4.53. The second kappa shape index (κ2) is 4.48. The molecule has 0 aliphatic rings. The maximum atomic E-state index is 6.12. The Hall–Kier alpha value is -0.980. The van der Waals surface area contributed by atoms with Gasteiger partial charge in [0.25, 0.3) is 0 Å². The van der Waals surface area contributed by atoms with E-state index >= 15 is 0 Å². The Bertz CT molecular complexity index is 530. The van der Waals surface area contributed by atoms with Gasteiger partial charge in [0, 0.05) is 10.0 Å². The van der Waals surface area contributed by atoms with Crippen LogP contribution >= 0.6 is 23.2 Å². The molecule has 16 heavy (non-hydrogen) atoms. The van der Waals surface area contributed by atoms with E-state index in [2.05, 4.69) is 13.0 Å². The molecule has 0 aromatic heterocycles. The Balaban J connectivity index is 2.58. The van der Waals surface area contributed by atoms with Gasteiger partial charge in [-0.25, -0.2) is 0 Å². The molecule has 0 spiro atoms. The van der Waals surface area contributed by atoms with Crippen molar-refractivity contribution < 1.29 is 0 Å². The van der Waals surface area contributed by atoms with Crippen molar-refractivity contribution in [3.63, 3.8) is 0 Å². The Morgan fingerprint density at radius 3 is 2.19 bits per heavy atom. The molecule has 0 N–H and O–H groups in total. The summed E-state index contributed by atoms with van der Waals surface area (Å²) in [6.45, 7) is 4.07. The number of rotatable bonds is 1. The lowest BCUT2D eigenvalue weighted by Crippen LogP contribution is -1.84. The van der Waals surface area contributed by atoms with Gasteiger partial charge in [-0.3, -0.25) is 0 Å². The van der Waals surface area contributed by atoms with Crippen LogP contribution in [0.15, 0.2) is 36.4 Å². The molecule has 0 bridgehead atoms. The first-order chi connectivity index (χ1) is 7.58. The third kappa shape index (κ3) is 2.23. The van der Waals surface area contributed by atoms with Crippen LogP contribution in [0.3, 0.4) is 0 Å². The third-order valence-electron chi connectivity index (χ3n) is 2.68. The van der Waals surface area contributed by atoms with Crippen LogP contribution < -0.4 is 0 Å². The van der Waals surface area contributed by atoms with Crippen LogP contribution in [-0.2, 0) is 0 Å². The minimum Gasteiger partial charge on any atom is -0.0843 e. The molecule has 0 saturated heterocycles. The fourth-order valence-corrected chi connectivity index (χ4v) is 2.02. The van der Waals surface area contributed by atoms with Crippen molar-refractivity contribution in [3.8, 4) is 11.1 Å². The number of hydrogen-bond donors (Lipinski definition) is 0. The average molecular weight is 251 g/mol. The van der Waals surface area contributed by atoms with Crippen molar-refractivity contribution in [3.05, 3.63) is 57.6 Å². The fraction of sp³-hybridized carbons (Fsp3) is 0.143. The molecule has 0 unspecified atom stereocenters. The molecule has 0 saturated carbocycles. The van der Waals surface area contributed by atoms with Gasteiger partial charge in [0.15, 0.2) is 0 Å². The molecule has 0 aliphatic heterocycles. The molecule has 0 radical (unpaired) electrons. The smallest absolute Gasteiger partial charge is 0.0441 e. The third-order valence-corrected chi connectivity index (χ3v) is 3.32. The lowest BCUT2D eigenvalue weighted by Gasteiger charge is -2.08. The predicted molar refractivity (Wildman–Crippen MR) is 71.4 cm³/mol. The summed E-state index contributed by atoms with van der Waals surface area (Å²) in [5.74, 6) is 0. The first-order valence-corrected chi connectivity index (χ1v) is 5.86. The van der Waals surface area contributed by atoms with Crippen molar-refractivity contribution in [2.45, 2.75) is 13.8 Å². The van der Waals surface area contributed by atoms with Crippen LogP contribution in [0.4, 0.5) is 0 Å². The maximum absolute atomic E-state index is 6.12. The van der Waals surface area contributed by atoms with Gasteiger partial charge in [-0.05, 0) is 54.3 Å². The lowest BCUT2D eigenvalue weighted by molar-refractivity contribution is 1.43. The van der Waals surface area contributed by atoms with Crippen LogP contribution in [-0.4, -0.2) is 0 Å². The average Bonchev–Trinajstić information content (AvgIpc) is 2.26. The molecule has 0 atom stereocenters. The van der Waals surface area contributed by atoms with Crippen LogP contribution in [0.25, 0.3) is 11.1 Å². The summed E-state index contributed by atoms with van der Waals surface area (Å²) in [6.07, 6.45) is 0. The van der Waals surface area contributed by atoms with Crippen LogP contribution in [0.2, 0.25) is 10.0 Å². The van der Waals surface area contributed by atoms with E-state index in [1.54, 1.807) is 0 Å². The Kier molecular flexibility index (Phi) is 3.22. The summed E-state index contributed by atoms with van der Waals surface area (Å²) in [6, 6.07) is 12.0. The minimum absolute atomic E-state index is 0.747. The number of halogens is 2. The standard InChI is InChI=1S/C14H12Cl2/c1-9-4-6-12(15)8-13(9)11-5-3-10(2)14(16)7-11/h3-8H,1-2H3. The molecule has 82 valence electrons. The maximum Gasteiger partial charge on any atom is 0.0441 e. The summed E-state index contributed by atoms with van der Waals surface area (Å²) >= 11 is 12.1. The van der Waals surface area contributed by atoms with E-state index in [-0.39, 0.29) is 0 Å². The van der Waals surface area contributed by atoms with Gasteiger partial charge < -0.3 is 0 Å². The van der Waals surface area contributed by atoms with Crippen molar-refractivity contribution in [2.75, 3.05) is 0 Å². The van der Waals surface area contributed by atoms with Gasteiger partial charge in [0.2, 0.25) is 0 Å². The summed E-state index contributed by atoms with van der Waals surface area (Å²) in [5, 5.41) is 1.54. The van der Waals surface area contributed by atoms with E-state index in [0.29, 0.717) is 0 Å². The zero-order valence-electron chi connectivity index (χ0n) is 9.22. The lowest BCUT2D eigenvalue weighted by atomic mass is 10.00. The Morgan fingerprint density at radius 1 is 0.812 bits per heavy atom. The molecule has 0 aliphatic carbocycles. The van der Waals surface area contributed by atoms with E-state index < -0.39 is 0 Å². The van der Waals surface area contributed by atoms with E-state index in [1.807, 2.05) is 37.3 Å². The zero-order valence-corrected chi connectivity index (χ0v) is 10.7. The van der Waals surface area contributed by atoms with E-state index in [1.165, 1.54) is 5.56 Å². The molecule has 0 amide bonds. The molecule has 2 heteroatoms. The SMILES string of the molecule is Cc1ccc(-c2cc(Cl)ccc2C)cc1Cl. The van der Waals surface area contributed by atoms with Gasteiger partial charge in [-0.2, -0.15) is 0 Å². The van der Waals surface area contributed by atoms with Crippen LogP contribution in [0.5, 0.6) is 0 Å². The quantitative estimate of drug-likeness (QED) is 0.647. The molecular formula is C14H12Cl2. The van der Waals surface area contributed by atoms with E-state index in [0.717, 1.165) is 26.7 Å². The van der Waals surface area contributed by atoms with E-state index in [4.69, 9.17) is 23.2 Å². The second-order valence-corrected chi connectivity index (χ2v) is 4.77. The second-order valence-electron chi connectivity index (χ2n) is 3.92. The summed E-state index contributed by atoms with van der Waals surface area (Å²) in [4.78, 5) is 0. The summed E-state index contributed by atoms with van der Waals surface area (Å²) in [7, 11) is 0. The Morgan fingerprint density at radius 2 is 1.50 bits per heavy atom. The van der Waals surface area contributed by atoms with Gasteiger partial charge in [-0.1, -0.05) is 41.4 Å². The first-order valence-electron chi connectivity index (χ1n) is 5.10. The number of hydrogen-bond acceptors (Lipinski definition) is 0. The highest BCUT2D eigenvalue weighted by atomic mass is 35.5. The fourth-order valence-electron chi connectivity index (χ4n) is 1.67. The zero-order chi connectivity index (χ0) is 11.7. The molecule has 2 rings (SSSR count). The van der Waals surface area contributed by atoms with Crippen molar-refractivity contribution in [2.24, 2.45) is 0 Å². The minimum atomic E-state index is 0.747. The highest BCUT2D eigenvalue weighted by molar-refractivity contribution is 6.32. The molecule has 0 fully saturated rings. The first kappa shape index (κ1) is 11.5. The Labute approximate surface area is 106 Å². The molecule has 0 nitrogen and oxygen atoms in total. The highest BCUT2D eigenvalue weighted by Crippen LogP contribution is 2.29. The molecule has 0 heterocycles. The van der Waals surface area contributed by atoms with Crippen molar-refractivity contribution in [1.82, 2.24) is 0 Å². The monoisotopic (exact) mass is 250 g/mol. The van der Waals surface area contributed by atoms with Gasteiger partial charge in [0.05, 0.1) is 0 Å². The van der Waals surface area contributed by atoms with Crippen LogP contribution in [0.1, 0.15) is 11.1 Å². The number of benzene rings is 2. The normalized spacial score (nSPS) is 10.5. The highest BCUT2D eigenvalue weighted by Gasteiger charge is 2.04. The molecule has 2 aromatic rings. The van der Waals surface area contributed by atoms with Gasteiger partial charge in [0.1, 0.15) is 0 Å². The van der Waals surface area contributed by atoms with E-state index in [9.17, 15) is 0 Å². The molecular weight excluding hydrogens is 239 g/mol. The van der Waals surface area contributed by atoms with Gasteiger partial charge >= 0.3 is 0 Å². The van der Waals surface area contributed by atoms with Crippen molar-refractivity contribution >= 4 is 23.2 Å². The van der Waals surface area contributed by atoms with Gasteiger partial charge in [-0.15, -0.1) is 0 Å². The van der Waals surface area contributed by atoms with Crippen LogP contribution in [0, 0.1) is 13.8 Å². The predicted octanol–water partition coefficient (Wildman–Crippen LogP) is 5.28. The summed E-state index contributed by atoms with van der Waals surface area (Å²) < 4.78 is 0. The number of aryl methyl sites for hydroxylation is 2. The largest absolute Gasteiger partial charge is 0.0843 e. The topological polar surface area (TPSA) is 0 Å².